The van der Waals surface area contributed by atoms with E-state index in [0.717, 1.165) is 12.2 Å². The van der Waals surface area contributed by atoms with E-state index >= 15 is 0 Å². The number of aromatic nitrogens is 1. The molecule has 2 N–H and O–H groups in total. The molecule has 0 aliphatic rings. The van der Waals surface area contributed by atoms with Gasteiger partial charge in [-0.05, 0) is 31.2 Å². The van der Waals surface area contributed by atoms with E-state index in [-0.39, 0.29) is 5.91 Å². The third-order valence-corrected chi connectivity index (χ3v) is 3.20. The lowest BCUT2D eigenvalue weighted by Gasteiger charge is -2.09. The van der Waals surface area contributed by atoms with Gasteiger partial charge in [-0.2, -0.15) is 0 Å². The van der Waals surface area contributed by atoms with E-state index in [2.05, 4.69) is 15.6 Å². The van der Waals surface area contributed by atoms with Crippen molar-refractivity contribution < 1.29 is 4.79 Å². The normalized spacial score (nSPS) is 10.2. The number of nitrogens with zero attached hydrogens (tertiary/aromatic N) is 1. The maximum atomic E-state index is 12.2. The first-order valence-electron chi connectivity index (χ1n) is 6.07. The van der Waals surface area contributed by atoms with E-state index in [1.54, 1.807) is 36.5 Å². The number of hydrogen-bond acceptors (Lipinski definition) is 3. The van der Waals surface area contributed by atoms with Crippen molar-refractivity contribution >= 4 is 40.5 Å². The highest BCUT2D eigenvalue weighted by Gasteiger charge is 2.12. The molecular formula is C14H13Cl2N3O. The van der Waals surface area contributed by atoms with Crippen LogP contribution in [-0.2, 0) is 0 Å². The molecule has 0 fully saturated rings. The van der Waals surface area contributed by atoms with Crippen LogP contribution in [0.3, 0.4) is 0 Å². The summed E-state index contributed by atoms with van der Waals surface area (Å²) in [7, 11) is 0. The SMILES string of the molecule is CCNc1ccnc(C(=O)Nc2c(Cl)cccc2Cl)c1. The summed E-state index contributed by atoms with van der Waals surface area (Å²) in [5.41, 5.74) is 1.51. The minimum absolute atomic E-state index is 0.291. The molecule has 4 nitrogen and oxygen atoms in total. The molecule has 0 bridgehead atoms. The summed E-state index contributed by atoms with van der Waals surface area (Å²) in [6.07, 6.45) is 1.57. The van der Waals surface area contributed by atoms with Crippen molar-refractivity contribution in [3.63, 3.8) is 0 Å². The van der Waals surface area contributed by atoms with Gasteiger partial charge in [-0.15, -0.1) is 0 Å². The van der Waals surface area contributed by atoms with E-state index in [0.29, 0.717) is 21.4 Å². The van der Waals surface area contributed by atoms with Gasteiger partial charge in [0.1, 0.15) is 5.69 Å². The lowest BCUT2D eigenvalue weighted by molar-refractivity contribution is 0.102. The van der Waals surface area contributed by atoms with Crippen LogP contribution in [0, 0.1) is 0 Å². The summed E-state index contributed by atoms with van der Waals surface area (Å²) in [4.78, 5) is 16.2. The van der Waals surface area contributed by atoms with Gasteiger partial charge in [0.15, 0.2) is 0 Å². The van der Waals surface area contributed by atoms with Crippen molar-refractivity contribution in [2.24, 2.45) is 0 Å². The number of carbonyl (C=O) groups is 1. The van der Waals surface area contributed by atoms with Gasteiger partial charge in [-0.25, -0.2) is 0 Å². The standard InChI is InChI=1S/C14H13Cl2N3O/c1-2-17-9-6-7-18-12(8-9)14(20)19-13-10(15)4-3-5-11(13)16/h3-8H,2H2,1H3,(H,17,18)(H,19,20). The Labute approximate surface area is 127 Å². The summed E-state index contributed by atoms with van der Waals surface area (Å²) in [6, 6.07) is 8.49. The summed E-state index contributed by atoms with van der Waals surface area (Å²) < 4.78 is 0. The summed E-state index contributed by atoms with van der Waals surface area (Å²) in [6.45, 7) is 2.74. The third-order valence-electron chi connectivity index (χ3n) is 2.57. The van der Waals surface area contributed by atoms with Crippen LogP contribution in [0.5, 0.6) is 0 Å². The smallest absolute Gasteiger partial charge is 0.274 e. The Morgan fingerprint density at radius 3 is 2.60 bits per heavy atom. The van der Waals surface area contributed by atoms with Crippen LogP contribution < -0.4 is 10.6 Å². The zero-order valence-electron chi connectivity index (χ0n) is 10.8. The summed E-state index contributed by atoms with van der Waals surface area (Å²) in [5.74, 6) is -0.361. The molecule has 1 aromatic carbocycles. The second-order valence-electron chi connectivity index (χ2n) is 4.01. The predicted molar refractivity (Wildman–Crippen MR) is 82.8 cm³/mol. The number of para-hydroxylation sites is 1. The highest BCUT2D eigenvalue weighted by atomic mass is 35.5. The first-order valence-corrected chi connectivity index (χ1v) is 6.82. The molecule has 1 aromatic heterocycles. The largest absolute Gasteiger partial charge is 0.385 e. The zero-order valence-corrected chi connectivity index (χ0v) is 12.3. The Morgan fingerprint density at radius 1 is 1.25 bits per heavy atom. The van der Waals surface area contributed by atoms with Crippen LogP contribution >= 0.6 is 23.2 Å². The first-order chi connectivity index (χ1) is 9.61. The van der Waals surface area contributed by atoms with Crippen LogP contribution in [-0.4, -0.2) is 17.4 Å². The zero-order chi connectivity index (χ0) is 14.5. The number of anilines is 2. The van der Waals surface area contributed by atoms with E-state index in [9.17, 15) is 4.79 Å². The van der Waals surface area contributed by atoms with Crippen LogP contribution in [0.15, 0.2) is 36.5 Å². The van der Waals surface area contributed by atoms with Crippen molar-refractivity contribution in [3.05, 3.63) is 52.3 Å². The van der Waals surface area contributed by atoms with Crippen LogP contribution in [0.25, 0.3) is 0 Å². The van der Waals surface area contributed by atoms with Crippen molar-refractivity contribution in [1.82, 2.24) is 4.98 Å². The molecule has 0 aliphatic carbocycles. The molecule has 20 heavy (non-hydrogen) atoms. The molecule has 0 spiro atoms. The number of amides is 1. The second kappa shape index (κ2) is 6.59. The van der Waals surface area contributed by atoms with E-state index in [4.69, 9.17) is 23.2 Å². The van der Waals surface area contributed by atoms with Gasteiger partial charge in [-0.3, -0.25) is 9.78 Å². The van der Waals surface area contributed by atoms with Gasteiger partial charge in [0.05, 0.1) is 15.7 Å². The van der Waals surface area contributed by atoms with Crippen LogP contribution in [0.4, 0.5) is 11.4 Å². The Hall–Kier alpha value is -1.78. The van der Waals surface area contributed by atoms with Crippen molar-refractivity contribution in [1.29, 1.82) is 0 Å². The minimum Gasteiger partial charge on any atom is -0.385 e. The number of carbonyl (C=O) groups excluding carboxylic acids is 1. The average molecular weight is 310 g/mol. The summed E-state index contributed by atoms with van der Waals surface area (Å²) >= 11 is 12.0. The maximum Gasteiger partial charge on any atom is 0.274 e. The highest BCUT2D eigenvalue weighted by molar-refractivity contribution is 6.40. The molecule has 104 valence electrons. The average Bonchev–Trinajstić information content (AvgIpc) is 2.43. The number of benzene rings is 1. The number of hydrogen-bond donors (Lipinski definition) is 2. The first kappa shape index (κ1) is 14.6. The third kappa shape index (κ3) is 3.40. The topological polar surface area (TPSA) is 54.0 Å². The van der Waals surface area contributed by atoms with Gasteiger partial charge in [0.2, 0.25) is 0 Å². The number of nitrogens with one attached hydrogen (secondary N) is 2. The molecule has 0 unspecified atom stereocenters. The van der Waals surface area contributed by atoms with Crippen LogP contribution in [0.1, 0.15) is 17.4 Å². The monoisotopic (exact) mass is 309 g/mol. The maximum absolute atomic E-state index is 12.2. The van der Waals surface area contributed by atoms with E-state index in [1.165, 1.54) is 0 Å². The van der Waals surface area contributed by atoms with Crippen LogP contribution in [0.2, 0.25) is 10.0 Å². The molecule has 0 saturated heterocycles. The lowest BCUT2D eigenvalue weighted by atomic mass is 10.2. The summed E-state index contributed by atoms with van der Waals surface area (Å²) in [5, 5.41) is 6.55. The molecular weight excluding hydrogens is 297 g/mol. The van der Waals surface area contributed by atoms with Gasteiger partial charge in [0.25, 0.3) is 5.91 Å². The molecule has 2 aromatic rings. The molecule has 0 saturated carbocycles. The second-order valence-corrected chi connectivity index (χ2v) is 4.83. The Kier molecular flexibility index (Phi) is 4.82. The van der Waals surface area contributed by atoms with Crippen molar-refractivity contribution in [2.75, 3.05) is 17.2 Å². The van der Waals surface area contributed by atoms with Gasteiger partial charge < -0.3 is 10.6 Å². The molecule has 1 amide bonds. The van der Waals surface area contributed by atoms with Gasteiger partial charge in [-0.1, -0.05) is 29.3 Å². The Balaban J connectivity index is 2.22. The predicted octanol–water partition coefficient (Wildman–Crippen LogP) is 4.07. The quantitative estimate of drug-likeness (QED) is 0.895. The fraction of sp³-hybridized carbons (Fsp3) is 0.143. The highest BCUT2D eigenvalue weighted by Crippen LogP contribution is 2.30. The van der Waals surface area contributed by atoms with Crippen molar-refractivity contribution in [3.8, 4) is 0 Å². The molecule has 0 radical (unpaired) electrons. The molecule has 0 atom stereocenters. The van der Waals surface area contributed by atoms with Gasteiger partial charge in [0, 0.05) is 18.4 Å². The fourth-order valence-corrected chi connectivity index (χ4v) is 2.16. The lowest BCUT2D eigenvalue weighted by Crippen LogP contribution is -2.14. The van der Waals surface area contributed by atoms with Crippen molar-refractivity contribution in [2.45, 2.75) is 6.92 Å². The van der Waals surface area contributed by atoms with E-state index < -0.39 is 0 Å². The van der Waals surface area contributed by atoms with Gasteiger partial charge >= 0.3 is 0 Å². The number of halogens is 2. The fourth-order valence-electron chi connectivity index (χ4n) is 1.66. The molecule has 2 rings (SSSR count). The van der Waals surface area contributed by atoms with E-state index in [1.807, 2.05) is 6.92 Å². The molecule has 0 aliphatic heterocycles. The number of pyridine rings is 1. The minimum atomic E-state index is -0.361. The molecule has 6 heteroatoms. The Bertz CT molecular complexity index is 611. The number of rotatable bonds is 4. The molecule has 1 heterocycles. The Morgan fingerprint density at radius 2 is 1.95 bits per heavy atom.